The van der Waals surface area contributed by atoms with Crippen molar-refractivity contribution in [3.05, 3.63) is 68.9 Å². The summed E-state index contributed by atoms with van der Waals surface area (Å²) in [5.41, 5.74) is 0. The average molecular weight is 254 g/mol. The van der Waals surface area contributed by atoms with Crippen LogP contribution >= 0.6 is 0 Å². The highest BCUT2D eigenvalue weighted by molar-refractivity contribution is 5.98. The first-order valence-corrected chi connectivity index (χ1v) is 5.70. The molecular weight excluding hydrogens is 240 g/mol. The monoisotopic (exact) mass is 254 g/mol. The molecule has 0 aliphatic rings. The maximum Gasteiger partial charge on any atom is 0.138 e. The van der Waals surface area contributed by atoms with Gasteiger partial charge in [0.15, 0.2) is 0 Å². The second-order valence-corrected chi connectivity index (χ2v) is 3.59. The second kappa shape index (κ2) is 5.78. The normalized spacial score (nSPS) is 9.68. The predicted octanol–water partition coefficient (Wildman–Crippen LogP) is 4.41. The summed E-state index contributed by atoms with van der Waals surface area (Å²) in [5, 5.41) is 1.65. The molecule has 0 bridgehead atoms. The van der Waals surface area contributed by atoms with Gasteiger partial charge in [0, 0.05) is 5.39 Å². The van der Waals surface area contributed by atoms with Crippen molar-refractivity contribution in [2.45, 2.75) is 0 Å². The van der Waals surface area contributed by atoms with Crippen LogP contribution in [0.3, 0.4) is 0 Å². The molecule has 0 saturated heterocycles. The molecule has 2 aromatic rings. The first kappa shape index (κ1) is 12.8. The van der Waals surface area contributed by atoms with Crippen molar-refractivity contribution in [1.82, 2.24) is 0 Å². The van der Waals surface area contributed by atoms with Gasteiger partial charge in [-0.25, -0.2) is 0 Å². The molecule has 0 fully saturated rings. The molecule has 0 radical (unpaired) electrons. The fourth-order valence-corrected chi connectivity index (χ4v) is 1.88. The van der Waals surface area contributed by atoms with E-state index in [2.05, 4.69) is 19.7 Å². The first-order chi connectivity index (χ1) is 9.31. The Bertz CT molecular complexity index is 613. The Morgan fingerprint density at radius 2 is 1.21 bits per heavy atom. The summed E-state index contributed by atoms with van der Waals surface area (Å²) >= 11 is 0. The maximum absolute atomic E-state index is 5.41. The van der Waals surface area contributed by atoms with Crippen LogP contribution in [0.4, 0.5) is 0 Å². The quantitative estimate of drug-likeness (QED) is 0.715. The number of hydrogen-bond donors (Lipinski definition) is 0. The van der Waals surface area contributed by atoms with Crippen LogP contribution < -0.4 is 14.2 Å². The van der Waals surface area contributed by atoms with Gasteiger partial charge >= 0.3 is 0 Å². The van der Waals surface area contributed by atoms with Gasteiger partial charge in [0.2, 0.25) is 0 Å². The molecule has 3 nitrogen and oxygen atoms in total. The van der Waals surface area contributed by atoms with E-state index in [1.807, 2.05) is 18.2 Å². The Kier molecular flexibility index (Phi) is 3.88. The van der Waals surface area contributed by atoms with Crippen molar-refractivity contribution in [2.75, 3.05) is 0 Å². The third-order valence-electron chi connectivity index (χ3n) is 2.56. The van der Waals surface area contributed by atoms with Crippen molar-refractivity contribution >= 4 is 10.8 Å². The van der Waals surface area contributed by atoms with Crippen LogP contribution in [0, 0.1) is 0 Å². The van der Waals surface area contributed by atoms with Crippen LogP contribution in [0.2, 0.25) is 0 Å². The number of fused-ring (bicyclic) bond motifs is 1. The molecule has 0 aliphatic heterocycles. The lowest BCUT2D eigenvalue weighted by Crippen LogP contribution is -1.91. The van der Waals surface area contributed by atoms with E-state index in [4.69, 9.17) is 14.2 Å². The van der Waals surface area contributed by atoms with Gasteiger partial charge in [-0.3, -0.25) is 0 Å². The molecule has 96 valence electrons. The third-order valence-corrected chi connectivity index (χ3v) is 2.56. The highest BCUT2D eigenvalue weighted by Crippen LogP contribution is 2.39. The average Bonchev–Trinajstić information content (AvgIpc) is 2.42. The van der Waals surface area contributed by atoms with Crippen LogP contribution in [0.15, 0.2) is 68.9 Å². The Balaban J connectivity index is 2.75. The molecule has 0 N–H and O–H groups in total. The number of rotatable bonds is 6. The highest BCUT2D eigenvalue weighted by atomic mass is 16.5. The SMILES string of the molecule is C=COc1ccc(OC=C)c2c(OC=C)cccc12. The van der Waals surface area contributed by atoms with Gasteiger partial charge in [-0.1, -0.05) is 31.9 Å². The van der Waals surface area contributed by atoms with Gasteiger partial charge in [0.25, 0.3) is 0 Å². The van der Waals surface area contributed by atoms with Gasteiger partial charge in [-0.15, -0.1) is 0 Å². The molecular formula is C16H14O3. The number of benzene rings is 2. The van der Waals surface area contributed by atoms with E-state index in [0.29, 0.717) is 17.2 Å². The van der Waals surface area contributed by atoms with E-state index in [1.165, 1.54) is 18.8 Å². The Labute approximate surface area is 112 Å². The van der Waals surface area contributed by atoms with Crippen LogP contribution in [0.5, 0.6) is 17.2 Å². The Morgan fingerprint density at radius 1 is 0.684 bits per heavy atom. The van der Waals surface area contributed by atoms with Crippen molar-refractivity contribution in [3.63, 3.8) is 0 Å². The molecule has 0 saturated carbocycles. The summed E-state index contributed by atoms with van der Waals surface area (Å²) in [6, 6.07) is 9.21. The molecule has 19 heavy (non-hydrogen) atoms. The lowest BCUT2D eigenvalue weighted by atomic mass is 10.1. The second-order valence-electron chi connectivity index (χ2n) is 3.59. The zero-order valence-corrected chi connectivity index (χ0v) is 10.5. The fraction of sp³-hybridized carbons (Fsp3) is 0. The van der Waals surface area contributed by atoms with E-state index in [-0.39, 0.29) is 0 Å². The van der Waals surface area contributed by atoms with Crippen LogP contribution in [-0.4, -0.2) is 0 Å². The molecule has 0 aromatic heterocycles. The standard InChI is InChI=1S/C16H14O3/c1-4-17-13-10-11-15(19-6-3)16-12(13)8-7-9-14(16)18-5-2/h4-11H,1-3H2. The maximum atomic E-state index is 5.41. The molecule has 0 aliphatic carbocycles. The molecule has 0 atom stereocenters. The molecule has 0 spiro atoms. The minimum Gasteiger partial charge on any atom is -0.465 e. The number of hydrogen-bond acceptors (Lipinski definition) is 3. The van der Waals surface area contributed by atoms with Crippen LogP contribution in [-0.2, 0) is 0 Å². The minimum atomic E-state index is 0.638. The first-order valence-electron chi connectivity index (χ1n) is 5.70. The topological polar surface area (TPSA) is 27.7 Å². The summed E-state index contributed by atoms with van der Waals surface area (Å²) in [5.74, 6) is 1.95. The Morgan fingerprint density at radius 3 is 1.84 bits per heavy atom. The Hall–Kier alpha value is -2.68. The van der Waals surface area contributed by atoms with Crippen LogP contribution in [0.25, 0.3) is 10.8 Å². The predicted molar refractivity (Wildman–Crippen MR) is 76.4 cm³/mol. The molecule has 0 amide bonds. The van der Waals surface area contributed by atoms with E-state index in [1.54, 1.807) is 12.1 Å². The van der Waals surface area contributed by atoms with E-state index < -0.39 is 0 Å². The summed E-state index contributed by atoms with van der Waals surface area (Å²) in [6.07, 6.45) is 4.12. The summed E-state index contributed by atoms with van der Waals surface area (Å²) in [7, 11) is 0. The van der Waals surface area contributed by atoms with Crippen LogP contribution in [0.1, 0.15) is 0 Å². The van der Waals surface area contributed by atoms with E-state index >= 15 is 0 Å². The summed E-state index contributed by atoms with van der Waals surface area (Å²) in [4.78, 5) is 0. The molecule has 2 aromatic carbocycles. The largest absolute Gasteiger partial charge is 0.465 e. The van der Waals surface area contributed by atoms with Gasteiger partial charge in [0.05, 0.1) is 24.2 Å². The smallest absolute Gasteiger partial charge is 0.138 e. The molecule has 0 heterocycles. The van der Waals surface area contributed by atoms with E-state index in [0.717, 1.165) is 10.8 Å². The molecule has 0 unspecified atom stereocenters. The highest BCUT2D eigenvalue weighted by Gasteiger charge is 2.12. The van der Waals surface area contributed by atoms with Crippen molar-refractivity contribution < 1.29 is 14.2 Å². The third kappa shape index (κ3) is 2.45. The summed E-state index contributed by atoms with van der Waals surface area (Å²) in [6.45, 7) is 10.7. The number of ether oxygens (including phenoxy) is 3. The lowest BCUT2D eigenvalue weighted by molar-refractivity contribution is 0.467. The van der Waals surface area contributed by atoms with Crippen molar-refractivity contribution in [1.29, 1.82) is 0 Å². The molecule has 2 rings (SSSR count). The van der Waals surface area contributed by atoms with Gasteiger partial charge in [-0.05, 0) is 18.2 Å². The van der Waals surface area contributed by atoms with Gasteiger partial charge in [0.1, 0.15) is 17.2 Å². The van der Waals surface area contributed by atoms with Gasteiger partial charge in [-0.2, -0.15) is 0 Å². The lowest BCUT2D eigenvalue weighted by Gasteiger charge is -2.12. The fourth-order valence-electron chi connectivity index (χ4n) is 1.88. The van der Waals surface area contributed by atoms with E-state index in [9.17, 15) is 0 Å². The zero-order valence-electron chi connectivity index (χ0n) is 10.5. The van der Waals surface area contributed by atoms with Crippen molar-refractivity contribution in [3.8, 4) is 17.2 Å². The van der Waals surface area contributed by atoms with Gasteiger partial charge < -0.3 is 14.2 Å². The minimum absolute atomic E-state index is 0.638. The zero-order chi connectivity index (χ0) is 13.7. The van der Waals surface area contributed by atoms with Crippen molar-refractivity contribution in [2.24, 2.45) is 0 Å². The molecule has 3 heteroatoms. The summed E-state index contributed by atoms with van der Waals surface area (Å²) < 4.78 is 16.2.